The lowest BCUT2D eigenvalue weighted by Crippen LogP contribution is -2.31. The van der Waals surface area contributed by atoms with Crippen LogP contribution in [0.5, 0.6) is 0 Å². The number of hydrogen-bond acceptors (Lipinski definition) is 5. The van der Waals surface area contributed by atoms with Gasteiger partial charge in [0, 0.05) is 38.5 Å². The van der Waals surface area contributed by atoms with Gasteiger partial charge in [0.05, 0.1) is 6.61 Å². The number of rotatable bonds is 4. The molecule has 3 heterocycles. The van der Waals surface area contributed by atoms with E-state index in [1.54, 1.807) is 7.11 Å². The van der Waals surface area contributed by atoms with Crippen LogP contribution in [0, 0.1) is 5.92 Å². The minimum absolute atomic E-state index is 0.570. The molecule has 1 saturated heterocycles. The van der Waals surface area contributed by atoms with Gasteiger partial charge in [0.25, 0.3) is 0 Å². The highest BCUT2D eigenvalue weighted by atomic mass is 16.5. The van der Waals surface area contributed by atoms with E-state index in [1.165, 1.54) is 32.1 Å². The summed E-state index contributed by atoms with van der Waals surface area (Å²) < 4.78 is 7.51. The monoisotopic (exact) mass is 301 g/mol. The Labute approximate surface area is 130 Å². The van der Waals surface area contributed by atoms with Gasteiger partial charge in [-0.05, 0) is 31.6 Å². The summed E-state index contributed by atoms with van der Waals surface area (Å²) in [6.45, 7) is 2.85. The van der Waals surface area contributed by atoms with Crippen LogP contribution >= 0.6 is 0 Å². The molecule has 2 fully saturated rings. The van der Waals surface area contributed by atoms with Crippen molar-refractivity contribution >= 4 is 11.5 Å². The predicted molar refractivity (Wildman–Crippen MR) is 84.2 cm³/mol. The summed E-state index contributed by atoms with van der Waals surface area (Å²) >= 11 is 0. The predicted octanol–water partition coefficient (Wildman–Crippen LogP) is 2.25. The number of methoxy groups -OCH3 is 1. The summed E-state index contributed by atoms with van der Waals surface area (Å²) in [6.07, 6.45) is 10.0. The second-order valence-electron chi connectivity index (χ2n) is 6.54. The maximum atomic E-state index is 5.37. The molecule has 0 N–H and O–H groups in total. The van der Waals surface area contributed by atoms with Gasteiger partial charge in [0.15, 0.2) is 5.82 Å². The fraction of sp³-hybridized carbons (Fsp3) is 0.688. The number of ether oxygens (including phenoxy) is 1. The van der Waals surface area contributed by atoms with Crippen LogP contribution in [0.15, 0.2) is 12.4 Å². The van der Waals surface area contributed by atoms with Crippen molar-refractivity contribution in [2.75, 3.05) is 31.7 Å². The first-order valence-corrected chi connectivity index (χ1v) is 8.30. The Hall–Kier alpha value is -1.69. The maximum absolute atomic E-state index is 5.37. The molecule has 6 nitrogen and oxygen atoms in total. The van der Waals surface area contributed by atoms with E-state index < -0.39 is 0 Å². The summed E-state index contributed by atoms with van der Waals surface area (Å²) in [5, 5.41) is 8.85. The van der Waals surface area contributed by atoms with Crippen molar-refractivity contribution in [1.29, 1.82) is 0 Å². The first-order valence-electron chi connectivity index (χ1n) is 8.30. The zero-order chi connectivity index (χ0) is 14.9. The highest BCUT2D eigenvalue weighted by molar-refractivity contribution is 5.64. The van der Waals surface area contributed by atoms with Crippen LogP contribution < -0.4 is 4.90 Å². The molecule has 1 aliphatic carbocycles. The number of aromatic nitrogens is 4. The van der Waals surface area contributed by atoms with Crippen LogP contribution in [-0.2, 0) is 4.74 Å². The molecule has 1 unspecified atom stereocenters. The van der Waals surface area contributed by atoms with E-state index in [2.05, 4.69) is 24.5 Å². The largest absolute Gasteiger partial charge is 0.384 e. The Morgan fingerprint density at radius 1 is 1.23 bits per heavy atom. The highest BCUT2D eigenvalue weighted by Gasteiger charge is 2.30. The fourth-order valence-corrected chi connectivity index (χ4v) is 3.47. The van der Waals surface area contributed by atoms with Gasteiger partial charge >= 0.3 is 0 Å². The zero-order valence-electron chi connectivity index (χ0n) is 13.1. The van der Waals surface area contributed by atoms with Crippen molar-refractivity contribution in [3.8, 4) is 0 Å². The third-order valence-corrected chi connectivity index (χ3v) is 4.75. The fourth-order valence-electron chi connectivity index (χ4n) is 3.47. The average Bonchev–Trinajstić information content (AvgIpc) is 3.32. The summed E-state index contributed by atoms with van der Waals surface area (Å²) in [6, 6.07) is 0. The van der Waals surface area contributed by atoms with E-state index in [-0.39, 0.29) is 0 Å². The topological polar surface area (TPSA) is 55.5 Å². The lowest BCUT2D eigenvalue weighted by molar-refractivity contribution is 0.151. The standard InChI is InChI=1S/C16H23N5O/c1-22-11-12-4-2-3-8-20(10-12)15-16-19-18-14(13-5-6-13)21(16)9-7-17-15/h7,9,12-13H,2-6,8,10-11H2,1H3. The Morgan fingerprint density at radius 3 is 2.95 bits per heavy atom. The number of anilines is 1. The minimum Gasteiger partial charge on any atom is -0.384 e. The average molecular weight is 301 g/mol. The van der Waals surface area contributed by atoms with Crippen LogP contribution in [0.1, 0.15) is 43.8 Å². The van der Waals surface area contributed by atoms with Crippen LogP contribution in [0.2, 0.25) is 0 Å². The summed E-state index contributed by atoms with van der Waals surface area (Å²) in [5.41, 5.74) is 0.905. The second-order valence-corrected chi connectivity index (χ2v) is 6.54. The van der Waals surface area contributed by atoms with Gasteiger partial charge in [-0.25, -0.2) is 4.98 Å². The van der Waals surface area contributed by atoms with Crippen molar-refractivity contribution in [3.63, 3.8) is 0 Å². The Balaban J connectivity index is 1.67. The summed E-state index contributed by atoms with van der Waals surface area (Å²) in [7, 11) is 1.79. The van der Waals surface area contributed by atoms with Crippen LogP contribution in [0.3, 0.4) is 0 Å². The van der Waals surface area contributed by atoms with Gasteiger partial charge < -0.3 is 9.64 Å². The lowest BCUT2D eigenvalue weighted by atomic mass is 10.0. The maximum Gasteiger partial charge on any atom is 0.203 e. The molecule has 1 saturated carbocycles. The van der Waals surface area contributed by atoms with Crippen molar-refractivity contribution in [2.45, 2.75) is 38.0 Å². The third-order valence-electron chi connectivity index (χ3n) is 4.75. The first kappa shape index (κ1) is 13.9. The number of hydrogen-bond donors (Lipinski definition) is 0. The van der Waals surface area contributed by atoms with Crippen molar-refractivity contribution in [2.24, 2.45) is 5.92 Å². The van der Waals surface area contributed by atoms with Gasteiger partial charge in [-0.1, -0.05) is 6.42 Å². The summed E-state index contributed by atoms with van der Waals surface area (Å²) in [4.78, 5) is 6.99. The van der Waals surface area contributed by atoms with E-state index in [0.29, 0.717) is 11.8 Å². The number of nitrogens with zero attached hydrogens (tertiary/aromatic N) is 5. The Kier molecular flexibility index (Phi) is 3.70. The molecule has 0 amide bonds. The van der Waals surface area contributed by atoms with E-state index in [9.17, 15) is 0 Å². The zero-order valence-corrected chi connectivity index (χ0v) is 13.1. The van der Waals surface area contributed by atoms with Crippen molar-refractivity contribution in [1.82, 2.24) is 19.6 Å². The Bertz CT molecular complexity index is 651. The minimum atomic E-state index is 0.570. The van der Waals surface area contributed by atoms with Gasteiger partial charge in [0.1, 0.15) is 5.82 Å². The molecule has 2 aromatic rings. The molecule has 1 atom stereocenters. The smallest absolute Gasteiger partial charge is 0.203 e. The summed E-state index contributed by atoms with van der Waals surface area (Å²) in [5.74, 6) is 3.24. The molecule has 2 aliphatic rings. The molecule has 0 radical (unpaired) electrons. The molecular formula is C16H23N5O. The Morgan fingerprint density at radius 2 is 2.14 bits per heavy atom. The molecule has 0 spiro atoms. The molecule has 22 heavy (non-hydrogen) atoms. The van der Waals surface area contributed by atoms with E-state index in [4.69, 9.17) is 4.74 Å². The molecule has 4 rings (SSSR count). The van der Waals surface area contributed by atoms with Gasteiger partial charge in [-0.15, -0.1) is 10.2 Å². The molecular weight excluding hydrogens is 278 g/mol. The van der Waals surface area contributed by atoms with Gasteiger partial charge in [0.2, 0.25) is 5.65 Å². The normalized spacial score (nSPS) is 23.0. The molecule has 2 aromatic heterocycles. The van der Waals surface area contributed by atoms with Crippen molar-refractivity contribution in [3.05, 3.63) is 18.2 Å². The SMILES string of the molecule is COCC1CCCCN(c2nccn3c(C4CC4)nnc23)C1. The third kappa shape index (κ3) is 2.56. The second kappa shape index (κ2) is 5.83. The highest BCUT2D eigenvalue weighted by Crippen LogP contribution is 2.39. The van der Waals surface area contributed by atoms with E-state index >= 15 is 0 Å². The van der Waals surface area contributed by atoms with Gasteiger partial charge in [-0.2, -0.15) is 0 Å². The molecule has 0 bridgehead atoms. The van der Waals surface area contributed by atoms with Crippen LogP contribution in [0.25, 0.3) is 5.65 Å². The van der Waals surface area contributed by atoms with Crippen LogP contribution in [0.4, 0.5) is 5.82 Å². The lowest BCUT2D eigenvalue weighted by Gasteiger charge is -2.25. The van der Waals surface area contributed by atoms with E-state index in [1.807, 2.05) is 12.4 Å². The molecule has 6 heteroatoms. The molecule has 0 aromatic carbocycles. The van der Waals surface area contributed by atoms with E-state index in [0.717, 1.165) is 37.0 Å². The molecule has 1 aliphatic heterocycles. The molecule has 118 valence electrons. The van der Waals surface area contributed by atoms with Crippen molar-refractivity contribution < 1.29 is 4.74 Å². The first-order chi connectivity index (χ1) is 10.9. The van der Waals surface area contributed by atoms with Crippen LogP contribution in [-0.4, -0.2) is 46.4 Å². The quantitative estimate of drug-likeness (QED) is 0.867. The number of fused-ring (bicyclic) bond motifs is 1. The van der Waals surface area contributed by atoms with Gasteiger partial charge in [-0.3, -0.25) is 4.40 Å².